The molecule has 0 N–H and O–H groups in total. The molecule has 146 valence electrons. The van der Waals surface area contributed by atoms with Gasteiger partial charge in [0, 0.05) is 0 Å². The lowest BCUT2D eigenvalue weighted by molar-refractivity contribution is -0.942. The SMILES string of the molecule is C[N+](C)(C)CCCCCCCCCC[N+]12CCC(CC1)CC2.[Br-].[Br-]. The summed E-state index contributed by atoms with van der Waals surface area (Å²) in [5, 5.41) is 0. The first-order valence-corrected chi connectivity index (χ1v) is 10.1. The molecule has 3 rings (SSSR count). The first kappa shape index (κ1) is 24.9. The molecule has 0 saturated carbocycles. The van der Waals surface area contributed by atoms with Gasteiger partial charge in [-0.3, -0.25) is 0 Å². The van der Waals surface area contributed by atoms with Gasteiger partial charge < -0.3 is 42.9 Å². The average Bonchev–Trinajstić information content (AvgIpc) is 2.50. The van der Waals surface area contributed by atoms with Crippen molar-refractivity contribution in [2.24, 2.45) is 5.92 Å². The van der Waals surface area contributed by atoms with Crippen LogP contribution in [0.1, 0.15) is 70.6 Å². The number of quaternary nitrogens is 2. The van der Waals surface area contributed by atoms with Gasteiger partial charge in [-0.25, -0.2) is 0 Å². The van der Waals surface area contributed by atoms with Crippen LogP contribution in [0.5, 0.6) is 0 Å². The monoisotopic (exact) mass is 468 g/mol. The molecule has 0 atom stereocenters. The van der Waals surface area contributed by atoms with Gasteiger partial charge in [0.25, 0.3) is 0 Å². The molecule has 2 nitrogen and oxygen atoms in total. The van der Waals surface area contributed by atoms with Crippen LogP contribution in [0.3, 0.4) is 0 Å². The number of nitrogens with zero attached hydrogens (tertiary/aromatic N) is 2. The van der Waals surface area contributed by atoms with Gasteiger partial charge in [-0.1, -0.05) is 25.7 Å². The summed E-state index contributed by atoms with van der Waals surface area (Å²) in [6, 6.07) is 0. The average molecular weight is 470 g/mol. The molecule has 0 radical (unpaired) electrons. The molecule has 2 bridgehead atoms. The zero-order valence-corrected chi connectivity index (χ0v) is 19.7. The number of halogens is 2. The molecular formula is C20H42Br2N2. The Morgan fingerprint density at radius 2 is 1.08 bits per heavy atom. The molecule has 3 fully saturated rings. The number of unbranched alkanes of at least 4 members (excludes halogenated alkanes) is 7. The van der Waals surface area contributed by atoms with Crippen LogP contribution in [0.25, 0.3) is 0 Å². The molecule has 4 heteroatoms. The number of piperidine rings is 3. The molecule has 0 amide bonds. The van der Waals surface area contributed by atoms with E-state index in [2.05, 4.69) is 21.1 Å². The summed E-state index contributed by atoms with van der Waals surface area (Å²) in [5.41, 5.74) is 0. The van der Waals surface area contributed by atoms with Crippen molar-refractivity contribution in [2.75, 3.05) is 53.9 Å². The van der Waals surface area contributed by atoms with E-state index in [0.29, 0.717) is 0 Å². The van der Waals surface area contributed by atoms with Crippen LogP contribution < -0.4 is 34.0 Å². The molecule has 3 aliphatic heterocycles. The summed E-state index contributed by atoms with van der Waals surface area (Å²) < 4.78 is 2.63. The van der Waals surface area contributed by atoms with Gasteiger partial charge in [-0.15, -0.1) is 0 Å². The minimum absolute atomic E-state index is 0. The van der Waals surface area contributed by atoms with Gasteiger partial charge in [0.2, 0.25) is 0 Å². The molecular weight excluding hydrogens is 428 g/mol. The molecule has 0 aromatic carbocycles. The maximum absolute atomic E-state index is 2.30. The van der Waals surface area contributed by atoms with Gasteiger partial charge >= 0.3 is 0 Å². The highest BCUT2D eigenvalue weighted by Gasteiger charge is 2.38. The van der Waals surface area contributed by atoms with E-state index in [1.807, 2.05) is 0 Å². The second-order valence-corrected chi connectivity index (χ2v) is 9.31. The van der Waals surface area contributed by atoms with Crippen molar-refractivity contribution in [2.45, 2.75) is 70.6 Å². The van der Waals surface area contributed by atoms with E-state index in [9.17, 15) is 0 Å². The predicted octanol–water partition coefficient (Wildman–Crippen LogP) is -1.55. The zero-order valence-electron chi connectivity index (χ0n) is 16.5. The summed E-state index contributed by atoms with van der Waals surface area (Å²) in [7, 11) is 6.91. The molecule has 0 spiro atoms. The van der Waals surface area contributed by atoms with Crippen molar-refractivity contribution in [1.29, 1.82) is 0 Å². The Hall–Kier alpha value is 0.880. The smallest absolute Gasteiger partial charge is 0.0789 e. The lowest BCUT2D eigenvalue weighted by Gasteiger charge is -2.49. The third-order valence-corrected chi connectivity index (χ3v) is 6.25. The standard InChI is InChI=1S/C20H42N2.2BrH/c1-21(2,3)15-10-8-6-4-5-7-9-11-16-22-17-12-20(13-18-22)14-19-22;;/h20H,4-19H2,1-3H3;2*1H/q+2;;/p-2. The fourth-order valence-electron chi connectivity index (χ4n) is 4.57. The van der Waals surface area contributed by atoms with Crippen LogP contribution in [0, 0.1) is 5.92 Å². The highest BCUT2D eigenvalue weighted by molar-refractivity contribution is 4.71. The van der Waals surface area contributed by atoms with Crippen LogP contribution in [-0.4, -0.2) is 62.8 Å². The zero-order chi connectivity index (χ0) is 15.9. The predicted molar refractivity (Wildman–Crippen MR) is 96.9 cm³/mol. The van der Waals surface area contributed by atoms with E-state index >= 15 is 0 Å². The molecule has 0 aliphatic carbocycles. The Morgan fingerprint density at radius 1 is 0.667 bits per heavy atom. The Balaban J connectivity index is 0.00000264. The highest BCUT2D eigenvalue weighted by Crippen LogP contribution is 2.33. The summed E-state index contributed by atoms with van der Waals surface area (Å²) in [6.07, 6.45) is 16.3. The second-order valence-electron chi connectivity index (χ2n) is 9.31. The van der Waals surface area contributed by atoms with E-state index in [-0.39, 0.29) is 34.0 Å². The first-order chi connectivity index (χ1) is 10.5. The molecule has 3 heterocycles. The van der Waals surface area contributed by atoms with Crippen LogP contribution in [0.2, 0.25) is 0 Å². The van der Waals surface area contributed by atoms with Gasteiger partial charge in [0.05, 0.1) is 53.9 Å². The molecule has 3 saturated heterocycles. The van der Waals surface area contributed by atoms with Crippen LogP contribution >= 0.6 is 0 Å². The normalized spacial score (nSPS) is 25.9. The quantitative estimate of drug-likeness (QED) is 0.254. The fourth-order valence-corrected chi connectivity index (χ4v) is 4.57. The maximum atomic E-state index is 2.30. The lowest BCUT2D eigenvalue weighted by atomic mass is 9.85. The Kier molecular flexibility index (Phi) is 12.8. The summed E-state index contributed by atoms with van der Waals surface area (Å²) in [5.74, 6) is 1.11. The Bertz CT molecular complexity index is 293. The van der Waals surface area contributed by atoms with Gasteiger partial charge in [-0.05, 0) is 50.9 Å². The van der Waals surface area contributed by atoms with Crippen molar-refractivity contribution in [3.63, 3.8) is 0 Å². The highest BCUT2D eigenvalue weighted by atomic mass is 79.9. The van der Waals surface area contributed by atoms with Crippen molar-refractivity contribution in [3.05, 3.63) is 0 Å². The minimum atomic E-state index is 0. The van der Waals surface area contributed by atoms with E-state index in [1.165, 1.54) is 108 Å². The maximum Gasteiger partial charge on any atom is 0.0789 e. The molecule has 3 aliphatic rings. The minimum Gasteiger partial charge on any atom is -1.00 e. The van der Waals surface area contributed by atoms with Crippen molar-refractivity contribution in [3.8, 4) is 0 Å². The summed E-state index contributed by atoms with van der Waals surface area (Å²) in [6.45, 7) is 7.36. The second kappa shape index (κ2) is 12.3. The van der Waals surface area contributed by atoms with Crippen LogP contribution in [0.15, 0.2) is 0 Å². The number of hydrogen-bond donors (Lipinski definition) is 0. The molecule has 0 aromatic rings. The van der Waals surface area contributed by atoms with Gasteiger partial charge in [0.1, 0.15) is 0 Å². The van der Waals surface area contributed by atoms with Crippen molar-refractivity contribution < 1.29 is 42.9 Å². The van der Waals surface area contributed by atoms with Gasteiger partial charge in [-0.2, -0.15) is 0 Å². The first-order valence-electron chi connectivity index (χ1n) is 10.1. The Labute approximate surface area is 173 Å². The number of hydrogen-bond acceptors (Lipinski definition) is 0. The molecule has 0 aromatic heterocycles. The van der Waals surface area contributed by atoms with E-state index < -0.39 is 0 Å². The van der Waals surface area contributed by atoms with E-state index in [4.69, 9.17) is 0 Å². The molecule has 24 heavy (non-hydrogen) atoms. The third-order valence-electron chi connectivity index (χ3n) is 6.25. The summed E-state index contributed by atoms with van der Waals surface area (Å²) in [4.78, 5) is 0. The van der Waals surface area contributed by atoms with Crippen molar-refractivity contribution in [1.82, 2.24) is 0 Å². The third kappa shape index (κ3) is 9.54. The topological polar surface area (TPSA) is 0 Å². The van der Waals surface area contributed by atoms with Crippen LogP contribution in [-0.2, 0) is 0 Å². The van der Waals surface area contributed by atoms with E-state index in [1.54, 1.807) is 0 Å². The van der Waals surface area contributed by atoms with Gasteiger partial charge in [0.15, 0.2) is 0 Å². The molecule has 0 unspecified atom stereocenters. The fraction of sp³-hybridized carbons (Fsp3) is 1.00. The number of fused-ring (bicyclic) bond motifs is 3. The Morgan fingerprint density at radius 3 is 1.54 bits per heavy atom. The van der Waals surface area contributed by atoms with E-state index in [0.717, 1.165) is 10.4 Å². The lowest BCUT2D eigenvalue weighted by Crippen LogP contribution is -3.00. The largest absolute Gasteiger partial charge is 1.00 e. The number of rotatable bonds is 11. The van der Waals surface area contributed by atoms with Crippen LogP contribution in [0.4, 0.5) is 0 Å². The van der Waals surface area contributed by atoms with Crippen molar-refractivity contribution >= 4 is 0 Å². The summed E-state index contributed by atoms with van der Waals surface area (Å²) >= 11 is 0.